The summed E-state index contributed by atoms with van der Waals surface area (Å²) in [5, 5.41) is 0. The molecule has 0 spiro atoms. The Bertz CT molecular complexity index is 452. The van der Waals surface area contributed by atoms with Crippen LogP contribution in [-0.4, -0.2) is 44.8 Å². The molecule has 8 heteroatoms. The Kier molecular flexibility index (Phi) is 5.94. The molecule has 0 bridgehead atoms. The van der Waals surface area contributed by atoms with Gasteiger partial charge in [-0.05, 0) is 18.8 Å². The van der Waals surface area contributed by atoms with Gasteiger partial charge in [-0.1, -0.05) is 13.8 Å². The summed E-state index contributed by atoms with van der Waals surface area (Å²) in [5.41, 5.74) is 0. The Hall–Kier alpha value is -1.15. The zero-order valence-electron chi connectivity index (χ0n) is 12.1. The summed E-state index contributed by atoms with van der Waals surface area (Å²) in [6.07, 6.45) is 0.982. The van der Waals surface area contributed by atoms with Gasteiger partial charge in [-0.15, -0.1) is 0 Å². The van der Waals surface area contributed by atoms with Crippen molar-refractivity contribution < 1.29 is 22.7 Å². The molecule has 1 amide bonds. The maximum atomic E-state index is 12.0. The van der Waals surface area contributed by atoms with E-state index in [1.807, 2.05) is 13.8 Å². The molecule has 0 radical (unpaired) electrons. The first-order valence-corrected chi connectivity index (χ1v) is 8.08. The smallest absolute Gasteiger partial charge is 0.308 e. The lowest BCUT2D eigenvalue weighted by Gasteiger charge is -2.29. The van der Waals surface area contributed by atoms with Gasteiger partial charge in [0.25, 0.3) is 0 Å². The topological polar surface area (TPSA) is 92.8 Å². The predicted octanol–water partition coefficient (Wildman–Crippen LogP) is 0.278. The summed E-state index contributed by atoms with van der Waals surface area (Å²) >= 11 is 0. The minimum Gasteiger partial charge on any atom is -0.469 e. The van der Waals surface area contributed by atoms with Crippen LogP contribution in [0, 0.1) is 11.8 Å². The molecular formula is C12H22N2O5S. The molecule has 1 fully saturated rings. The monoisotopic (exact) mass is 306 g/mol. The Balaban J connectivity index is 2.55. The Morgan fingerprint density at radius 1 is 1.30 bits per heavy atom. The molecule has 0 atom stereocenters. The molecule has 0 aromatic rings. The largest absolute Gasteiger partial charge is 0.469 e. The SMILES string of the molecule is COC(=O)C1CCN(S(=O)(=O)NC(=O)CC(C)C)CC1. The molecule has 1 saturated heterocycles. The molecule has 0 aliphatic carbocycles. The lowest BCUT2D eigenvalue weighted by molar-refractivity contribution is -0.146. The fourth-order valence-corrected chi connectivity index (χ4v) is 3.31. The first-order valence-electron chi connectivity index (χ1n) is 6.64. The minimum atomic E-state index is -3.80. The van der Waals surface area contributed by atoms with Crippen molar-refractivity contribution in [3.63, 3.8) is 0 Å². The number of nitrogens with one attached hydrogen (secondary N) is 1. The molecular weight excluding hydrogens is 284 g/mol. The molecule has 1 aliphatic heterocycles. The second kappa shape index (κ2) is 7.03. The highest BCUT2D eigenvalue weighted by atomic mass is 32.2. The fraction of sp³-hybridized carbons (Fsp3) is 0.833. The van der Waals surface area contributed by atoms with E-state index in [0.717, 1.165) is 0 Å². The molecule has 1 N–H and O–H groups in total. The predicted molar refractivity (Wildman–Crippen MR) is 72.8 cm³/mol. The molecule has 0 saturated carbocycles. The maximum absolute atomic E-state index is 12.0. The van der Waals surface area contributed by atoms with Gasteiger partial charge in [0.15, 0.2) is 0 Å². The third kappa shape index (κ3) is 4.75. The highest BCUT2D eigenvalue weighted by molar-refractivity contribution is 7.87. The van der Waals surface area contributed by atoms with Gasteiger partial charge in [-0.2, -0.15) is 12.7 Å². The first-order chi connectivity index (χ1) is 9.26. The normalized spacial score (nSPS) is 18.0. The third-order valence-electron chi connectivity index (χ3n) is 3.16. The number of hydrogen-bond acceptors (Lipinski definition) is 5. The van der Waals surface area contributed by atoms with Gasteiger partial charge in [0.2, 0.25) is 5.91 Å². The summed E-state index contributed by atoms with van der Waals surface area (Å²) in [6.45, 7) is 4.11. The minimum absolute atomic E-state index is 0.0928. The average Bonchev–Trinajstić information content (AvgIpc) is 2.36. The summed E-state index contributed by atoms with van der Waals surface area (Å²) in [6, 6.07) is 0. The van der Waals surface area contributed by atoms with Gasteiger partial charge in [0.1, 0.15) is 0 Å². The van der Waals surface area contributed by atoms with Crippen LogP contribution in [0.2, 0.25) is 0 Å². The van der Waals surface area contributed by atoms with E-state index < -0.39 is 16.1 Å². The van der Waals surface area contributed by atoms with Crippen LogP contribution in [0.4, 0.5) is 0 Å². The van der Waals surface area contributed by atoms with Gasteiger partial charge in [0.05, 0.1) is 13.0 Å². The first kappa shape index (κ1) is 16.9. The molecule has 1 aliphatic rings. The molecule has 20 heavy (non-hydrogen) atoms. The highest BCUT2D eigenvalue weighted by Crippen LogP contribution is 2.20. The number of amides is 1. The number of carbonyl (C=O) groups is 2. The molecule has 0 aromatic carbocycles. The van der Waals surface area contributed by atoms with Crippen LogP contribution in [0.3, 0.4) is 0 Å². The van der Waals surface area contributed by atoms with Crippen LogP contribution in [-0.2, 0) is 24.5 Å². The third-order valence-corrected chi connectivity index (χ3v) is 4.70. The molecule has 7 nitrogen and oxygen atoms in total. The van der Waals surface area contributed by atoms with Crippen LogP contribution in [0.25, 0.3) is 0 Å². The zero-order valence-corrected chi connectivity index (χ0v) is 12.9. The van der Waals surface area contributed by atoms with Gasteiger partial charge < -0.3 is 4.74 Å². The summed E-state index contributed by atoms with van der Waals surface area (Å²) in [4.78, 5) is 22.9. The standard InChI is InChI=1S/C12H22N2O5S/c1-9(2)8-11(15)13-20(17,18)14-6-4-10(5-7-14)12(16)19-3/h9-10H,4-8H2,1-3H3,(H,13,15). The number of nitrogens with zero attached hydrogens (tertiary/aromatic N) is 1. The summed E-state index contributed by atoms with van der Waals surface area (Å²) in [5.74, 6) is -0.992. The van der Waals surface area contributed by atoms with E-state index in [4.69, 9.17) is 0 Å². The van der Waals surface area contributed by atoms with Crippen molar-refractivity contribution in [2.45, 2.75) is 33.1 Å². The van der Waals surface area contributed by atoms with E-state index in [1.54, 1.807) is 0 Å². The molecule has 116 valence electrons. The summed E-state index contributed by atoms with van der Waals surface area (Å²) in [7, 11) is -2.49. The van der Waals surface area contributed by atoms with Gasteiger partial charge in [-0.3, -0.25) is 9.59 Å². The zero-order chi connectivity index (χ0) is 15.3. The number of methoxy groups -OCH3 is 1. The quantitative estimate of drug-likeness (QED) is 0.736. The Labute approximate surface area is 119 Å². The van der Waals surface area contributed by atoms with Crippen molar-refractivity contribution in [3.8, 4) is 0 Å². The number of piperidine rings is 1. The average molecular weight is 306 g/mol. The van der Waals surface area contributed by atoms with E-state index in [0.29, 0.717) is 12.8 Å². The van der Waals surface area contributed by atoms with Crippen LogP contribution in [0.15, 0.2) is 0 Å². The van der Waals surface area contributed by atoms with Crippen LogP contribution >= 0.6 is 0 Å². The molecule has 0 aromatic heterocycles. The van der Waals surface area contributed by atoms with Crippen LogP contribution < -0.4 is 4.72 Å². The molecule has 1 rings (SSSR count). The number of carbonyl (C=O) groups excluding carboxylic acids is 2. The molecule has 1 heterocycles. The van der Waals surface area contributed by atoms with Crippen molar-refractivity contribution >= 4 is 22.1 Å². The lowest BCUT2D eigenvalue weighted by atomic mass is 9.99. The second-order valence-corrected chi connectivity index (χ2v) is 7.00. The van der Waals surface area contributed by atoms with E-state index in [-0.39, 0.29) is 37.3 Å². The van der Waals surface area contributed by atoms with Gasteiger partial charge in [-0.25, -0.2) is 4.72 Å². The van der Waals surface area contributed by atoms with Crippen molar-refractivity contribution in [2.24, 2.45) is 11.8 Å². The number of rotatable bonds is 5. The van der Waals surface area contributed by atoms with Crippen LogP contribution in [0.1, 0.15) is 33.1 Å². The number of ether oxygens (including phenoxy) is 1. The Morgan fingerprint density at radius 3 is 2.30 bits per heavy atom. The van der Waals surface area contributed by atoms with Crippen molar-refractivity contribution in [1.82, 2.24) is 9.03 Å². The summed E-state index contributed by atoms with van der Waals surface area (Å²) < 4.78 is 31.9. The van der Waals surface area contributed by atoms with Crippen molar-refractivity contribution in [1.29, 1.82) is 0 Å². The van der Waals surface area contributed by atoms with E-state index in [1.165, 1.54) is 11.4 Å². The van der Waals surface area contributed by atoms with E-state index in [9.17, 15) is 18.0 Å². The fourth-order valence-electron chi connectivity index (χ4n) is 2.12. The van der Waals surface area contributed by atoms with Crippen molar-refractivity contribution in [3.05, 3.63) is 0 Å². The maximum Gasteiger partial charge on any atom is 0.308 e. The van der Waals surface area contributed by atoms with Gasteiger partial charge >= 0.3 is 16.2 Å². The second-order valence-electron chi connectivity index (χ2n) is 5.32. The van der Waals surface area contributed by atoms with Crippen LogP contribution in [0.5, 0.6) is 0 Å². The van der Waals surface area contributed by atoms with Crippen molar-refractivity contribution in [2.75, 3.05) is 20.2 Å². The number of hydrogen-bond donors (Lipinski definition) is 1. The lowest BCUT2D eigenvalue weighted by Crippen LogP contribution is -2.47. The van der Waals surface area contributed by atoms with Gasteiger partial charge in [0, 0.05) is 19.5 Å². The Morgan fingerprint density at radius 2 is 1.85 bits per heavy atom. The highest BCUT2D eigenvalue weighted by Gasteiger charge is 2.32. The molecule has 0 unspecified atom stereocenters. The van der Waals surface area contributed by atoms with E-state index in [2.05, 4.69) is 9.46 Å². The van der Waals surface area contributed by atoms with E-state index >= 15 is 0 Å². The number of esters is 1.